The van der Waals surface area contributed by atoms with Gasteiger partial charge in [-0.05, 0) is 22.6 Å². The van der Waals surface area contributed by atoms with Crippen LogP contribution in [0.4, 0.5) is 0 Å². The second-order valence-corrected chi connectivity index (χ2v) is 3.57. The first-order chi connectivity index (χ1) is 7.74. The van der Waals surface area contributed by atoms with E-state index >= 15 is 0 Å². The fourth-order valence-electron chi connectivity index (χ4n) is 1.76. The van der Waals surface area contributed by atoms with Crippen LogP contribution in [0.1, 0.15) is 6.42 Å². The molecule has 2 rings (SSSR count). The summed E-state index contributed by atoms with van der Waals surface area (Å²) in [5.41, 5.74) is -0.774. The number of aromatic nitrogens is 1. The molecule has 0 aromatic carbocycles. The van der Waals surface area contributed by atoms with E-state index in [4.69, 9.17) is 15.8 Å². The third-order valence-electron chi connectivity index (χ3n) is 2.57. The average Bonchev–Trinajstić information content (AvgIpc) is 2.37. The van der Waals surface area contributed by atoms with Gasteiger partial charge in [0.2, 0.25) is 0 Å². The van der Waals surface area contributed by atoms with Gasteiger partial charge in [-0.15, -0.1) is 0 Å². The standard InChI is InChI=1S/C12H6N4/c13-5-9-3-12(7-14,8-15)4-10-6-16-2-1-11(9)10/h1-2,4,6H,3H2. The Bertz CT molecular complexity index is 665. The second kappa shape index (κ2) is 3.50. The lowest BCUT2D eigenvalue weighted by atomic mass is 9.80. The summed E-state index contributed by atoms with van der Waals surface area (Å²) >= 11 is 0. The molecule has 16 heavy (non-hydrogen) atoms. The lowest BCUT2D eigenvalue weighted by Crippen LogP contribution is -2.35. The van der Waals surface area contributed by atoms with Crippen molar-refractivity contribution >= 4 is 11.6 Å². The highest BCUT2D eigenvalue weighted by molar-refractivity contribution is 5.68. The predicted octanol–water partition coefficient (Wildman–Crippen LogP) is -0.0264. The minimum atomic E-state index is -1.24. The molecule has 0 unspecified atom stereocenters. The fourth-order valence-corrected chi connectivity index (χ4v) is 1.76. The number of nitriles is 3. The van der Waals surface area contributed by atoms with Crippen LogP contribution in [0.5, 0.6) is 0 Å². The Hall–Kier alpha value is -2.64. The fraction of sp³-hybridized carbons (Fsp3) is 0.167. The molecular weight excluding hydrogens is 200 g/mol. The molecule has 0 saturated heterocycles. The van der Waals surface area contributed by atoms with Crippen molar-refractivity contribution in [2.45, 2.75) is 6.42 Å². The number of hydrogen-bond donors (Lipinski definition) is 0. The number of rotatable bonds is 0. The maximum atomic E-state index is 9.03. The highest BCUT2D eigenvalue weighted by Crippen LogP contribution is 2.27. The molecule has 74 valence electrons. The van der Waals surface area contributed by atoms with Gasteiger partial charge in [0.15, 0.2) is 5.41 Å². The van der Waals surface area contributed by atoms with Crippen molar-refractivity contribution in [1.82, 2.24) is 4.98 Å². The summed E-state index contributed by atoms with van der Waals surface area (Å²) in [5.74, 6) is 0. The van der Waals surface area contributed by atoms with E-state index in [1.165, 1.54) is 0 Å². The molecule has 0 atom stereocenters. The van der Waals surface area contributed by atoms with E-state index in [9.17, 15) is 0 Å². The lowest BCUT2D eigenvalue weighted by molar-refractivity contribution is 0.719. The summed E-state index contributed by atoms with van der Waals surface area (Å²) in [6.07, 6.45) is 4.88. The highest BCUT2D eigenvalue weighted by Gasteiger charge is 2.31. The van der Waals surface area contributed by atoms with Gasteiger partial charge >= 0.3 is 0 Å². The van der Waals surface area contributed by atoms with Gasteiger partial charge in [0, 0.05) is 24.4 Å². The SMILES string of the molecule is N#CC1=c2ccncc2=CC(C#N)(C#N)C1. The Morgan fingerprint density at radius 2 is 2.00 bits per heavy atom. The summed E-state index contributed by atoms with van der Waals surface area (Å²) in [6.45, 7) is 0. The summed E-state index contributed by atoms with van der Waals surface area (Å²) in [7, 11) is 0. The Kier molecular flexibility index (Phi) is 2.16. The van der Waals surface area contributed by atoms with Crippen LogP contribution in [0, 0.1) is 39.4 Å². The maximum absolute atomic E-state index is 9.03. The zero-order valence-electron chi connectivity index (χ0n) is 8.31. The first-order valence-electron chi connectivity index (χ1n) is 4.63. The van der Waals surface area contributed by atoms with Crippen LogP contribution in [0.15, 0.2) is 18.5 Å². The molecule has 1 aromatic heterocycles. The Balaban J connectivity index is 2.87. The van der Waals surface area contributed by atoms with Gasteiger partial charge in [0.05, 0.1) is 18.2 Å². The van der Waals surface area contributed by atoms with E-state index in [0.29, 0.717) is 10.8 Å². The molecule has 1 heterocycles. The van der Waals surface area contributed by atoms with Gasteiger partial charge in [-0.25, -0.2) is 0 Å². The molecule has 0 spiro atoms. The molecule has 1 aliphatic rings. The first-order valence-corrected chi connectivity index (χ1v) is 4.63. The quantitative estimate of drug-likeness (QED) is 0.596. The normalized spacial score (nSPS) is 15.9. The monoisotopic (exact) mass is 206 g/mol. The summed E-state index contributed by atoms with van der Waals surface area (Å²) in [6, 6.07) is 7.69. The van der Waals surface area contributed by atoms with Crippen LogP contribution >= 0.6 is 0 Å². The van der Waals surface area contributed by atoms with Crippen molar-refractivity contribution < 1.29 is 0 Å². The third kappa shape index (κ3) is 1.32. The molecule has 0 radical (unpaired) electrons. The van der Waals surface area contributed by atoms with Crippen molar-refractivity contribution in [3.8, 4) is 18.2 Å². The summed E-state index contributed by atoms with van der Waals surface area (Å²) in [4.78, 5) is 3.93. The van der Waals surface area contributed by atoms with Gasteiger partial charge in [0.1, 0.15) is 0 Å². The van der Waals surface area contributed by atoms with Crippen LogP contribution in [-0.2, 0) is 0 Å². The van der Waals surface area contributed by atoms with E-state index in [2.05, 4.69) is 11.1 Å². The molecule has 0 fully saturated rings. The van der Waals surface area contributed by atoms with Crippen molar-refractivity contribution in [2.24, 2.45) is 5.41 Å². The van der Waals surface area contributed by atoms with Crippen molar-refractivity contribution in [3.05, 3.63) is 28.9 Å². The van der Waals surface area contributed by atoms with Gasteiger partial charge in [-0.3, -0.25) is 4.98 Å². The molecule has 0 N–H and O–H groups in total. The largest absolute Gasteiger partial charge is 0.264 e. The van der Waals surface area contributed by atoms with E-state index < -0.39 is 5.41 Å². The number of hydrogen-bond acceptors (Lipinski definition) is 4. The highest BCUT2D eigenvalue weighted by atomic mass is 14.6. The minimum Gasteiger partial charge on any atom is -0.264 e. The smallest absolute Gasteiger partial charge is 0.167 e. The summed E-state index contributed by atoms with van der Waals surface area (Å²) in [5, 5.41) is 28.5. The van der Waals surface area contributed by atoms with Crippen molar-refractivity contribution in [2.75, 3.05) is 0 Å². The van der Waals surface area contributed by atoms with Crippen LogP contribution in [-0.4, -0.2) is 4.98 Å². The Labute approximate surface area is 92.0 Å². The van der Waals surface area contributed by atoms with E-state index in [0.717, 1.165) is 5.22 Å². The van der Waals surface area contributed by atoms with Gasteiger partial charge in [-0.2, -0.15) is 15.8 Å². The van der Waals surface area contributed by atoms with Crippen LogP contribution in [0.25, 0.3) is 11.6 Å². The van der Waals surface area contributed by atoms with Crippen molar-refractivity contribution in [3.63, 3.8) is 0 Å². The molecule has 1 aromatic rings. The first kappa shape index (κ1) is 9.90. The molecule has 0 amide bonds. The third-order valence-corrected chi connectivity index (χ3v) is 2.57. The van der Waals surface area contributed by atoms with Gasteiger partial charge in [-0.1, -0.05) is 0 Å². The van der Waals surface area contributed by atoms with Crippen LogP contribution < -0.4 is 10.4 Å². The molecule has 0 aliphatic heterocycles. The topological polar surface area (TPSA) is 84.3 Å². The van der Waals surface area contributed by atoms with E-state index in [-0.39, 0.29) is 6.42 Å². The number of fused-ring (bicyclic) bond motifs is 1. The Morgan fingerprint density at radius 1 is 1.25 bits per heavy atom. The van der Waals surface area contributed by atoms with Crippen LogP contribution in [0.3, 0.4) is 0 Å². The molecule has 0 saturated carbocycles. The predicted molar refractivity (Wildman–Crippen MR) is 55.2 cm³/mol. The second-order valence-electron chi connectivity index (χ2n) is 3.57. The molecular formula is C12H6N4. The zero-order valence-corrected chi connectivity index (χ0v) is 8.31. The van der Waals surface area contributed by atoms with Gasteiger partial charge in [0.25, 0.3) is 0 Å². The van der Waals surface area contributed by atoms with Crippen molar-refractivity contribution in [1.29, 1.82) is 15.8 Å². The van der Waals surface area contributed by atoms with E-state index in [1.54, 1.807) is 24.5 Å². The van der Waals surface area contributed by atoms with Crippen LogP contribution in [0.2, 0.25) is 0 Å². The number of nitrogens with zero attached hydrogens (tertiary/aromatic N) is 4. The lowest BCUT2D eigenvalue weighted by Gasteiger charge is -2.16. The Morgan fingerprint density at radius 3 is 2.62 bits per heavy atom. The van der Waals surface area contributed by atoms with E-state index in [1.807, 2.05) is 12.1 Å². The molecule has 0 bridgehead atoms. The molecule has 4 nitrogen and oxygen atoms in total. The molecule has 4 heteroatoms. The zero-order chi connectivity index (χ0) is 11.6. The number of pyridine rings is 1. The summed E-state index contributed by atoms with van der Waals surface area (Å²) < 4.78 is 0. The minimum absolute atomic E-state index is 0.146. The average molecular weight is 206 g/mol. The maximum Gasteiger partial charge on any atom is 0.167 e. The van der Waals surface area contributed by atoms with Gasteiger partial charge < -0.3 is 0 Å². The molecule has 1 aliphatic carbocycles.